The van der Waals surface area contributed by atoms with Gasteiger partial charge in [0.05, 0.1) is 12.8 Å². The molecule has 0 radical (unpaired) electrons. The third-order valence-electron chi connectivity index (χ3n) is 2.46. The van der Waals surface area contributed by atoms with Crippen molar-refractivity contribution < 1.29 is 9.53 Å². The first-order chi connectivity index (χ1) is 9.58. The van der Waals surface area contributed by atoms with Gasteiger partial charge in [0.1, 0.15) is 5.75 Å². The molecule has 104 valence electrons. The van der Waals surface area contributed by atoms with Crippen LogP contribution in [-0.2, 0) is 4.79 Å². The standard InChI is InChI=1S/C14H13BrN2O2S/c1-9-8-20-14(16-9)17-13(18)6-3-10-7-11(15)4-5-12(10)19-2/h3-8H,1-2H3,(H,16,17,18)/b6-3+. The number of carbonyl (C=O) groups is 1. The topological polar surface area (TPSA) is 51.2 Å². The van der Waals surface area contributed by atoms with Crippen molar-refractivity contribution in [2.75, 3.05) is 12.4 Å². The fourth-order valence-electron chi connectivity index (χ4n) is 1.56. The molecule has 1 heterocycles. The fraction of sp³-hybridized carbons (Fsp3) is 0.143. The minimum absolute atomic E-state index is 0.221. The van der Waals surface area contributed by atoms with E-state index in [0.29, 0.717) is 10.9 Å². The zero-order chi connectivity index (χ0) is 14.5. The van der Waals surface area contributed by atoms with Crippen LogP contribution in [0.15, 0.2) is 34.1 Å². The molecule has 4 nitrogen and oxygen atoms in total. The number of nitrogens with zero attached hydrogens (tertiary/aromatic N) is 1. The van der Waals surface area contributed by atoms with E-state index in [1.54, 1.807) is 13.2 Å². The van der Waals surface area contributed by atoms with Gasteiger partial charge in [-0.05, 0) is 31.2 Å². The molecule has 2 aromatic rings. The maximum Gasteiger partial charge on any atom is 0.250 e. The van der Waals surface area contributed by atoms with E-state index in [0.717, 1.165) is 15.7 Å². The number of anilines is 1. The first-order valence-electron chi connectivity index (χ1n) is 5.83. The SMILES string of the molecule is COc1ccc(Br)cc1/C=C/C(=O)Nc1nc(C)cs1. The van der Waals surface area contributed by atoms with Gasteiger partial charge in [-0.2, -0.15) is 0 Å². The summed E-state index contributed by atoms with van der Waals surface area (Å²) in [6.07, 6.45) is 3.17. The lowest BCUT2D eigenvalue weighted by Gasteiger charge is -2.04. The predicted molar refractivity (Wildman–Crippen MR) is 85.2 cm³/mol. The summed E-state index contributed by atoms with van der Waals surface area (Å²) in [6, 6.07) is 5.61. The number of hydrogen-bond acceptors (Lipinski definition) is 4. The largest absolute Gasteiger partial charge is 0.496 e. The molecule has 0 aliphatic rings. The summed E-state index contributed by atoms with van der Waals surface area (Å²) in [5.41, 5.74) is 1.72. The van der Waals surface area contributed by atoms with E-state index in [1.165, 1.54) is 17.4 Å². The Morgan fingerprint density at radius 2 is 2.30 bits per heavy atom. The molecule has 1 N–H and O–H groups in total. The summed E-state index contributed by atoms with van der Waals surface area (Å²) < 4.78 is 6.17. The molecule has 6 heteroatoms. The molecule has 2 rings (SSSR count). The second-order valence-corrected chi connectivity index (χ2v) is 5.78. The minimum Gasteiger partial charge on any atom is -0.496 e. The summed E-state index contributed by atoms with van der Waals surface area (Å²) in [4.78, 5) is 16.0. The number of rotatable bonds is 4. The average Bonchev–Trinajstić information content (AvgIpc) is 2.82. The van der Waals surface area contributed by atoms with E-state index in [-0.39, 0.29) is 5.91 Å². The van der Waals surface area contributed by atoms with Crippen LogP contribution in [0.2, 0.25) is 0 Å². The van der Waals surface area contributed by atoms with Gasteiger partial charge in [0.15, 0.2) is 5.13 Å². The smallest absolute Gasteiger partial charge is 0.250 e. The fourth-order valence-corrected chi connectivity index (χ4v) is 2.63. The lowest BCUT2D eigenvalue weighted by Crippen LogP contribution is -2.07. The maximum atomic E-state index is 11.8. The van der Waals surface area contributed by atoms with E-state index in [9.17, 15) is 4.79 Å². The molecule has 20 heavy (non-hydrogen) atoms. The maximum absolute atomic E-state index is 11.8. The molecule has 0 aliphatic heterocycles. The lowest BCUT2D eigenvalue weighted by atomic mass is 10.2. The number of amides is 1. The molecule has 0 fully saturated rings. The van der Waals surface area contributed by atoms with Crippen LogP contribution in [0.1, 0.15) is 11.3 Å². The second-order valence-electron chi connectivity index (χ2n) is 4.00. The van der Waals surface area contributed by atoms with Gasteiger partial charge < -0.3 is 4.74 Å². The van der Waals surface area contributed by atoms with Gasteiger partial charge in [0, 0.05) is 21.5 Å². The quantitative estimate of drug-likeness (QED) is 0.849. The summed E-state index contributed by atoms with van der Waals surface area (Å²) in [5, 5.41) is 5.20. The first kappa shape index (κ1) is 14.7. The van der Waals surface area contributed by atoms with E-state index in [2.05, 4.69) is 26.2 Å². The summed E-state index contributed by atoms with van der Waals surface area (Å²) in [7, 11) is 1.60. The zero-order valence-corrected chi connectivity index (χ0v) is 13.4. The van der Waals surface area contributed by atoms with Crippen molar-refractivity contribution in [3.05, 3.63) is 45.4 Å². The van der Waals surface area contributed by atoms with E-state index < -0.39 is 0 Å². The molecule has 0 saturated carbocycles. The molecule has 0 atom stereocenters. The molecule has 1 aromatic heterocycles. The van der Waals surface area contributed by atoms with Crippen LogP contribution in [0.5, 0.6) is 5.75 Å². The number of aromatic nitrogens is 1. The molecule has 0 aliphatic carbocycles. The first-order valence-corrected chi connectivity index (χ1v) is 7.50. The molecule has 0 saturated heterocycles. The number of methoxy groups -OCH3 is 1. The highest BCUT2D eigenvalue weighted by Gasteiger charge is 2.04. The van der Waals surface area contributed by atoms with Gasteiger partial charge >= 0.3 is 0 Å². The summed E-state index contributed by atoms with van der Waals surface area (Å²) in [5.74, 6) is 0.490. The minimum atomic E-state index is -0.221. The number of thiazole rings is 1. The van der Waals surface area contributed by atoms with Crippen LogP contribution < -0.4 is 10.1 Å². The zero-order valence-electron chi connectivity index (χ0n) is 11.0. The third-order valence-corrected chi connectivity index (χ3v) is 3.82. The molecule has 1 aromatic carbocycles. The van der Waals surface area contributed by atoms with Crippen LogP contribution in [0.4, 0.5) is 5.13 Å². The molecule has 0 unspecified atom stereocenters. The van der Waals surface area contributed by atoms with Crippen molar-refractivity contribution in [2.45, 2.75) is 6.92 Å². The Kier molecular flexibility index (Phi) is 4.92. The van der Waals surface area contributed by atoms with Crippen molar-refractivity contribution in [1.82, 2.24) is 4.98 Å². The number of aryl methyl sites for hydroxylation is 1. The van der Waals surface area contributed by atoms with Gasteiger partial charge in [-0.1, -0.05) is 15.9 Å². The second kappa shape index (κ2) is 6.67. The van der Waals surface area contributed by atoms with Crippen molar-refractivity contribution >= 4 is 44.4 Å². The average molecular weight is 353 g/mol. The highest BCUT2D eigenvalue weighted by Crippen LogP contribution is 2.24. The van der Waals surface area contributed by atoms with Crippen molar-refractivity contribution in [1.29, 1.82) is 0 Å². The van der Waals surface area contributed by atoms with Gasteiger partial charge in [0.25, 0.3) is 0 Å². The van der Waals surface area contributed by atoms with Gasteiger partial charge in [-0.3, -0.25) is 10.1 Å². The van der Waals surface area contributed by atoms with E-state index in [1.807, 2.05) is 30.5 Å². The summed E-state index contributed by atoms with van der Waals surface area (Å²) in [6.45, 7) is 1.88. The van der Waals surface area contributed by atoms with Crippen LogP contribution in [0, 0.1) is 6.92 Å². The highest BCUT2D eigenvalue weighted by molar-refractivity contribution is 9.10. The number of benzene rings is 1. The lowest BCUT2D eigenvalue weighted by molar-refractivity contribution is -0.111. The van der Waals surface area contributed by atoms with Crippen molar-refractivity contribution in [2.24, 2.45) is 0 Å². The molecular formula is C14H13BrN2O2S. The Bertz CT molecular complexity index is 652. The van der Waals surface area contributed by atoms with Crippen LogP contribution in [0.3, 0.4) is 0 Å². The van der Waals surface area contributed by atoms with E-state index in [4.69, 9.17) is 4.74 Å². The number of carbonyl (C=O) groups excluding carboxylic acids is 1. The number of nitrogens with one attached hydrogen (secondary N) is 1. The van der Waals surface area contributed by atoms with Crippen LogP contribution in [-0.4, -0.2) is 18.0 Å². The van der Waals surface area contributed by atoms with Gasteiger partial charge in [0.2, 0.25) is 5.91 Å². The molecule has 1 amide bonds. The normalized spacial score (nSPS) is 10.8. The predicted octanol–water partition coefficient (Wildman–Crippen LogP) is 3.87. The molecular weight excluding hydrogens is 340 g/mol. The summed E-state index contributed by atoms with van der Waals surface area (Å²) >= 11 is 4.79. The Morgan fingerprint density at radius 1 is 1.50 bits per heavy atom. The van der Waals surface area contributed by atoms with Gasteiger partial charge in [-0.25, -0.2) is 4.98 Å². The third kappa shape index (κ3) is 3.91. The Morgan fingerprint density at radius 3 is 2.95 bits per heavy atom. The number of hydrogen-bond donors (Lipinski definition) is 1. The van der Waals surface area contributed by atoms with Gasteiger partial charge in [-0.15, -0.1) is 11.3 Å². The van der Waals surface area contributed by atoms with E-state index >= 15 is 0 Å². The monoisotopic (exact) mass is 352 g/mol. The number of halogens is 1. The Labute approximate surface area is 129 Å². The number of ether oxygens (including phenoxy) is 1. The van der Waals surface area contributed by atoms with Crippen molar-refractivity contribution in [3.8, 4) is 5.75 Å². The molecule has 0 spiro atoms. The highest BCUT2D eigenvalue weighted by atomic mass is 79.9. The van der Waals surface area contributed by atoms with Crippen LogP contribution in [0.25, 0.3) is 6.08 Å². The van der Waals surface area contributed by atoms with Crippen LogP contribution >= 0.6 is 27.3 Å². The Hall–Kier alpha value is -1.66. The molecule has 0 bridgehead atoms. The van der Waals surface area contributed by atoms with Crippen molar-refractivity contribution in [3.63, 3.8) is 0 Å². The Balaban J connectivity index is 2.09.